The molecule has 1 amide bonds. The van der Waals surface area contributed by atoms with Crippen molar-refractivity contribution in [1.82, 2.24) is 10.3 Å². The molecule has 2 rings (SSSR count). The van der Waals surface area contributed by atoms with Gasteiger partial charge >= 0.3 is 6.09 Å². The molecule has 0 saturated carbocycles. The van der Waals surface area contributed by atoms with Crippen molar-refractivity contribution in [2.24, 2.45) is 5.16 Å². The average Bonchev–Trinajstić information content (AvgIpc) is 2.83. The van der Waals surface area contributed by atoms with Gasteiger partial charge in [-0.3, -0.25) is 10.2 Å². The Morgan fingerprint density at radius 1 is 1.32 bits per heavy atom. The maximum absolute atomic E-state index is 11.5. The van der Waals surface area contributed by atoms with Gasteiger partial charge in [0, 0.05) is 5.69 Å². The van der Waals surface area contributed by atoms with Gasteiger partial charge < -0.3 is 0 Å². The van der Waals surface area contributed by atoms with Crippen LogP contribution in [0.1, 0.15) is 18.3 Å². The topological polar surface area (TPSA) is 89.6 Å². The SMILES string of the molecule is C/C(=N/OC(=O)Nc1ccccc1)c1nonc1C. The number of nitrogens with one attached hydrogen (secondary N) is 1. The predicted molar refractivity (Wildman–Crippen MR) is 67.8 cm³/mol. The van der Waals surface area contributed by atoms with Crippen LogP contribution < -0.4 is 5.32 Å². The molecule has 0 spiro atoms. The second-order valence-electron chi connectivity index (χ2n) is 3.74. The van der Waals surface area contributed by atoms with Crippen LogP contribution in [0.5, 0.6) is 0 Å². The van der Waals surface area contributed by atoms with Crippen molar-refractivity contribution < 1.29 is 14.3 Å². The van der Waals surface area contributed by atoms with Gasteiger partial charge in [-0.2, -0.15) is 0 Å². The Kier molecular flexibility index (Phi) is 3.87. The molecule has 98 valence electrons. The summed E-state index contributed by atoms with van der Waals surface area (Å²) in [5, 5.41) is 13.5. The number of hydrogen-bond donors (Lipinski definition) is 1. The van der Waals surface area contributed by atoms with E-state index < -0.39 is 6.09 Å². The monoisotopic (exact) mass is 260 g/mol. The molecule has 0 aliphatic heterocycles. The molecule has 0 fully saturated rings. The standard InChI is InChI=1S/C12H12N4O3/c1-8(11-9(2)15-19-16-11)14-18-12(17)13-10-6-4-3-5-7-10/h3-7H,1-2H3,(H,13,17)/b14-8-. The van der Waals surface area contributed by atoms with Crippen LogP contribution in [0.3, 0.4) is 0 Å². The first kappa shape index (κ1) is 12.7. The average molecular weight is 260 g/mol. The zero-order valence-corrected chi connectivity index (χ0v) is 10.5. The van der Waals surface area contributed by atoms with Gasteiger partial charge in [0.1, 0.15) is 11.4 Å². The summed E-state index contributed by atoms with van der Waals surface area (Å²) < 4.78 is 4.53. The van der Waals surface area contributed by atoms with Gasteiger partial charge in [-0.05, 0) is 31.1 Å². The number of anilines is 1. The molecule has 1 N–H and O–H groups in total. The molecule has 0 aliphatic carbocycles. The fourth-order valence-electron chi connectivity index (χ4n) is 1.37. The van der Waals surface area contributed by atoms with Gasteiger partial charge in [-0.25, -0.2) is 9.42 Å². The van der Waals surface area contributed by atoms with Crippen LogP contribution in [0.15, 0.2) is 40.1 Å². The summed E-state index contributed by atoms with van der Waals surface area (Å²) in [5.41, 5.74) is 2.06. The lowest BCUT2D eigenvalue weighted by molar-refractivity contribution is 0.166. The van der Waals surface area contributed by atoms with Crippen LogP contribution in [0.4, 0.5) is 10.5 Å². The number of carbonyl (C=O) groups excluding carboxylic acids is 1. The minimum absolute atomic E-state index is 0.405. The van der Waals surface area contributed by atoms with Gasteiger partial charge in [0.05, 0.1) is 0 Å². The molecule has 19 heavy (non-hydrogen) atoms. The molecule has 7 heteroatoms. The zero-order valence-electron chi connectivity index (χ0n) is 10.5. The summed E-state index contributed by atoms with van der Waals surface area (Å²) in [6, 6.07) is 8.93. The number of rotatable bonds is 3. The largest absolute Gasteiger partial charge is 0.437 e. The van der Waals surface area contributed by atoms with Gasteiger partial charge in [-0.1, -0.05) is 28.5 Å². The number of para-hydroxylation sites is 1. The zero-order chi connectivity index (χ0) is 13.7. The van der Waals surface area contributed by atoms with E-state index in [0.717, 1.165) is 0 Å². The normalized spacial score (nSPS) is 11.2. The fourth-order valence-corrected chi connectivity index (χ4v) is 1.37. The third-order valence-electron chi connectivity index (χ3n) is 2.28. The van der Waals surface area contributed by atoms with E-state index in [0.29, 0.717) is 22.8 Å². The number of nitrogens with zero attached hydrogens (tertiary/aromatic N) is 3. The Labute approximate surface area is 109 Å². The van der Waals surface area contributed by atoms with Crippen molar-refractivity contribution in [3.63, 3.8) is 0 Å². The van der Waals surface area contributed by atoms with Crippen LogP contribution in [0.25, 0.3) is 0 Å². The Hall–Kier alpha value is -2.70. The van der Waals surface area contributed by atoms with E-state index in [1.54, 1.807) is 38.1 Å². The Morgan fingerprint density at radius 2 is 2.05 bits per heavy atom. The maximum Gasteiger partial charge on any atom is 0.437 e. The Morgan fingerprint density at radius 3 is 2.68 bits per heavy atom. The highest BCUT2D eigenvalue weighted by atomic mass is 16.7. The summed E-state index contributed by atoms with van der Waals surface area (Å²) in [6.07, 6.45) is -0.681. The lowest BCUT2D eigenvalue weighted by atomic mass is 10.2. The van der Waals surface area contributed by atoms with Crippen molar-refractivity contribution in [2.45, 2.75) is 13.8 Å². The van der Waals surface area contributed by atoms with Crippen LogP contribution in [0, 0.1) is 6.92 Å². The van der Waals surface area contributed by atoms with E-state index in [1.807, 2.05) is 6.07 Å². The second kappa shape index (κ2) is 5.76. The summed E-state index contributed by atoms with van der Waals surface area (Å²) in [5.74, 6) is 0. The highest BCUT2D eigenvalue weighted by Gasteiger charge is 2.10. The molecule has 0 radical (unpaired) electrons. The highest BCUT2D eigenvalue weighted by molar-refractivity contribution is 5.97. The van der Waals surface area contributed by atoms with Gasteiger partial charge in [0.2, 0.25) is 0 Å². The van der Waals surface area contributed by atoms with Crippen molar-refractivity contribution in [2.75, 3.05) is 5.32 Å². The molecule has 1 aromatic carbocycles. The number of benzene rings is 1. The molecular weight excluding hydrogens is 248 g/mol. The number of aromatic nitrogens is 2. The molecule has 0 bridgehead atoms. The second-order valence-corrected chi connectivity index (χ2v) is 3.74. The van der Waals surface area contributed by atoms with Gasteiger partial charge in [0.15, 0.2) is 5.69 Å². The summed E-state index contributed by atoms with van der Waals surface area (Å²) >= 11 is 0. The minimum atomic E-state index is -0.681. The van der Waals surface area contributed by atoms with Gasteiger partial charge in [0.25, 0.3) is 0 Å². The van der Waals surface area contributed by atoms with E-state index >= 15 is 0 Å². The number of hydrogen-bond acceptors (Lipinski definition) is 6. The first-order chi connectivity index (χ1) is 9.16. The van der Waals surface area contributed by atoms with Crippen LogP contribution >= 0.6 is 0 Å². The van der Waals surface area contributed by atoms with E-state index in [2.05, 4.69) is 25.4 Å². The smallest absolute Gasteiger partial charge is 0.297 e. The van der Waals surface area contributed by atoms with Gasteiger partial charge in [-0.15, -0.1) is 0 Å². The molecular formula is C12H12N4O3. The molecule has 0 unspecified atom stereocenters. The first-order valence-electron chi connectivity index (χ1n) is 5.54. The number of aryl methyl sites for hydroxylation is 1. The quantitative estimate of drug-likeness (QED) is 0.519. The molecule has 2 aromatic rings. The third kappa shape index (κ3) is 3.38. The molecule has 0 atom stereocenters. The summed E-state index contributed by atoms with van der Waals surface area (Å²) in [7, 11) is 0. The first-order valence-corrected chi connectivity index (χ1v) is 5.54. The molecule has 7 nitrogen and oxygen atoms in total. The van der Waals surface area contributed by atoms with E-state index in [9.17, 15) is 4.79 Å². The summed E-state index contributed by atoms with van der Waals surface area (Å²) in [4.78, 5) is 16.2. The number of amides is 1. The van der Waals surface area contributed by atoms with Crippen molar-refractivity contribution >= 4 is 17.5 Å². The van der Waals surface area contributed by atoms with Crippen molar-refractivity contribution in [3.8, 4) is 0 Å². The molecule has 1 heterocycles. The Balaban J connectivity index is 1.95. The molecule has 0 saturated heterocycles. The lowest BCUT2D eigenvalue weighted by Gasteiger charge is -2.02. The van der Waals surface area contributed by atoms with Crippen LogP contribution in [0.2, 0.25) is 0 Å². The van der Waals surface area contributed by atoms with Crippen LogP contribution in [-0.4, -0.2) is 22.1 Å². The molecule has 0 aliphatic rings. The third-order valence-corrected chi connectivity index (χ3v) is 2.28. The van der Waals surface area contributed by atoms with E-state index in [4.69, 9.17) is 4.84 Å². The van der Waals surface area contributed by atoms with Crippen molar-refractivity contribution in [3.05, 3.63) is 41.7 Å². The number of carbonyl (C=O) groups is 1. The van der Waals surface area contributed by atoms with Crippen molar-refractivity contribution in [1.29, 1.82) is 0 Å². The van der Waals surface area contributed by atoms with E-state index in [1.165, 1.54) is 0 Å². The fraction of sp³-hybridized carbons (Fsp3) is 0.167. The number of oxime groups is 1. The minimum Gasteiger partial charge on any atom is -0.297 e. The van der Waals surface area contributed by atoms with E-state index in [-0.39, 0.29) is 0 Å². The summed E-state index contributed by atoms with van der Waals surface area (Å²) in [6.45, 7) is 3.36. The Bertz CT molecular complexity index is 592. The predicted octanol–water partition coefficient (Wildman–Crippen LogP) is 2.35. The van der Waals surface area contributed by atoms with Crippen LogP contribution in [-0.2, 0) is 4.84 Å². The lowest BCUT2D eigenvalue weighted by Crippen LogP contribution is -2.12. The molecule has 1 aromatic heterocycles. The maximum atomic E-state index is 11.5. The highest BCUT2D eigenvalue weighted by Crippen LogP contribution is 2.06.